The van der Waals surface area contributed by atoms with Crippen molar-refractivity contribution in [2.24, 2.45) is 0 Å². The van der Waals surface area contributed by atoms with Gasteiger partial charge in [0, 0.05) is 0 Å². The fourth-order valence-electron chi connectivity index (χ4n) is 8.41. The summed E-state index contributed by atoms with van der Waals surface area (Å²) in [6.07, 6.45) is 0. The van der Waals surface area contributed by atoms with E-state index in [0.29, 0.717) is 0 Å². The molecule has 0 heterocycles. The van der Waals surface area contributed by atoms with Gasteiger partial charge in [-0.25, -0.2) is 0 Å². The van der Waals surface area contributed by atoms with E-state index in [0.717, 1.165) is 0 Å². The minimum absolute atomic E-state index is 0.379. The highest BCUT2D eigenvalue weighted by Crippen LogP contribution is 2.62. The highest BCUT2D eigenvalue weighted by Gasteiger charge is 2.49. The predicted molar refractivity (Wildman–Crippen MR) is 181 cm³/mol. The lowest BCUT2D eigenvalue weighted by Crippen LogP contribution is -2.31. The second-order valence-electron chi connectivity index (χ2n) is 12.0. The number of fused-ring (bicyclic) bond motifs is 11. The highest BCUT2D eigenvalue weighted by molar-refractivity contribution is 6.13. The summed E-state index contributed by atoms with van der Waals surface area (Å²) in [7, 11) is 0. The molecule has 0 bridgehead atoms. The lowest BCUT2D eigenvalue weighted by Gasteiger charge is -2.40. The van der Waals surface area contributed by atoms with Crippen molar-refractivity contribution in [2.75, 3.05) is 0 Å². The van der Waals surface area contributed by atoms with Crippen LogP contribution in [0.1, 0.15) is 22.3 Å². The molecule has 0 N–H and O–H groups in total. The highest BCUT2D eigenvalue weighted by atomic mass is 14.5. The lowest BCUT2D eigenvalue weighted by atomic mass is 9.61. The van der Waals surface area contributed by atoms with Crippen molar-refractivity contribution in [1.29, 1.82) is 0 Å². The van der Waals surface area contributed by atoms with Gasteiger partial charge in [0.25, 0.3) is 0 Å². The van der Waals surface area contributed by atoms with E-state index in [-0.39, 0.29) is 5.41 Å². The molecule has 2 aliphatic carbocycles. The number of hydrogen-bond acceptors (Lipinski definition) is 0. The van der Waals surface area contributed by atoms with E-state index in [4.69, 9.17) is 0 Å². The summed E-state index contributed by atoms with van der Waals surface area (Å²) < 4.78 is 0. The molecule has 8 aromatic rings. The average Bonchev–Trinajstić information content (AvgIpc) is 3.36. The zero-order valence-electron chi connectivity index (χ0n) is 23.5. The van der Waals surface area contributed by atoms with Crippen LogP contribution in [0.15, 0.2) is 158 Å². The van der Waals surface area contributed by atoms with Gasteiger partial charge in [-0.05, 0) is 100 Å². The van der Waals surface area contributed by atoms with Gasteiger partial charge >= 0.3 is 0 Å². The number of rotatable bonds is 1. The standard InChI is InChI=1S/C43H26/c1-3-15-31-28(11-1)25-29-12-2-4-16-32(29)41(31)30-23-24-39-36(26-30)34-18-6-8-21-38(34)43(39)37-20-7-5-17-33(37)35-19-9-13-27-14-10-22-40(43)42(27)35/h1-26H. The Hall–Kier alpha value is -5.46. The second-order valence-corrected chi connectivity index (χ2v) is 12.0. The van der Waals surface area contributed by atoms with E-state index in [2.05, 4.69) is 158 Å². The molecule has 198 valence electrons. The van der Waals surface area contributed by atoms with Crippen molar-refractivity contribution in [1.82, 2.24) is 0 Å². The maximum Gasteiger partial charge on any atom is 0.0725 e. The van der Waals surface area contributed by atoms with Crippen LogP contribution in [0.3, 0.4) is 0 Å². The van der Waals surface area contributed by atoms with Crippen LogP contribution in [0.2, 0.25) is 0 Å². The first-order valence-corrected chi connectivity index (χ1v) is 15.1. The van der Waals surface area contributed by atoms with Crippen LogP contribution in [-0.2, 0) is 5.41 Å². The van der Waals surface area contributed by atoms with Crippen molar-refractivity contribution in [3.8, 4) is 33.4 Å². The summed E-state index contributed by atoms with van der Waals surface area (Å²) in [5, 5.41) is 7.81. The summed E-state index contributed by atoms with van der Waals surface area (Å²) in [5.74, 6) is 0. The lowest BCUT2D eigenvalue weighted by molar-refractivity contribution is 0.773. The second kappa shape index (κ2) is 8.31. The zero-order valence-corrected chi connectivity index (χ0v) is 23.5. The smallest absolute Gasteiger partial charge is 0.0619 e. The molecule has 1 atom stereocenters. The molecule has 0 radical (unpaired) electrons. The Labute approximate surface area is 250 Å². The predicted octanol–water partition coefficient (Wildman–Crippen LogP) is 11.2. The molecule has 0 saturated heterocycles. The van der Waals surface area contributed by atoms with E-state index >= 15 is 0 Å². The normalized spacial score (nSPS) is 16.0. The Morgan fingerprint density at radius 3 is 1.56 bits per heavy atom. The molecule has 1 unspecified atom stereocenters. The van der Waals surface area contributed by atoms with Gasteiger partial charge in [-0.3, -0.25) is 0 Å². The SMILES string of the molecule is c1ccc2c(c1)-c1cc(-c3c4ccccc4cc4ccccc34)ccc1C21c2ccccc2-c2cccc3cccc1c23. The molecule has 0 heteroatoms. The molecular weight excluding hydrogens is 516 g/mol. The first-order chi connectivity index (χ1) is 21.3. The van der Waals surface area contributed by atoms with Crippen LogP contribution in [0, 0.1) is 0 Å². The van der Waals surface area contributed by atoms with E-state index in [1.807, 2.05) is 0 Å². The van der Waals surface area contributed by atoms with E-state index in [1.165, 1.54) is 88.0 Å². The van der Waals surface area contributed by atoms with E-state index < -0.39 is 0 Å². The molecule has 8 aromatic carbocycles. The van der Waals surface area contributed by atoms with Crippen LogP contribution < -0.4 is 0 Å². The third kappa shape index (κ3) is 2.86. The van der Waals surface area contributed by atoms with Crippen LogP contribution in [0.5, 0.6) is 0 Å². The molecule has 0 aliphatic heterocycles. The first-order valence-electron chi connectivity index (χ1n) is 15.1. The van der Waals surface area contributed by atoms with Gasteiger partial charge in [0.1, 0.15) is 0 Å². The minimum Gasteiger partial charge on any atom is -0.0619 e. The topological polar surface area (TPSA) is 0 Å². The molecule has 43 heavy (non-hydrogen) atoms. The molecule has 0 fully saturated rings. The largest absolute Gasteiger partial charge is 0.0725 e. The molecular formula is C43H26. The van der Waals surface area contributed by atoms with Gasteiger partial charge < -0.3 is 0 Å². The fraction of sp³-hybridized carbons (Fsp3) is 0.0233. The van der Waals surface area contributed by atoms with Crippen molar-refractivity contribution in [3.05, 3.63) is 180 Å². The van der Waals surface area contributed by atoms with Gasteiger partial charge in [0.2, 0.25) is 0 Å². The Morgan fingerprint density at radius 2 is 0.837 bits per heavy atom. The monoisotopic (exact) mass is 542 g/mol. The van der Waals surface area contributed by atoms with Crippen LogP contribution in [0.25, 0.3) is 65.7 Å². The van der Waals surface area contributed by atoms with Crippen molar-refractivity contribution in [3.63, 3.8) is 0 Å². The van der Waals surface area contributed by atoms with E-state index in [9.17, 15) is 0 Å². The van der Waals surface area contributed by atoms with Gasteiger partial charge in [0.15, 0.2) is 0 Å². The fourth-order valence-corrected chi connectivity index (χ4v) is 8.41. The third-order valence-electron chi connectivity index (χ3n) is 10.0. The maximum absolute atomic E-state index is 2.47. The Morgan fingerprint density at radius 1 is 0.326 bits per heavy atom. The summed E-state index contributed by atoms with van der Waals surface area (Å²) in [6.45, 7) is 0. The molecule has 10 rings (SSSR count). The van der Waals surface area contributed by atoms with Crippen LogP contribution >= 0.6 is 0 Å². The minimum atomic E-state index is -0.379. The summed E-state index contributed by atoms with van der Waals surface area (Å²) in [5.41, 5.74) is 13.0. The van der Waals surface area contributed by atoms with Gasteiger partial charge in [-0.1, -0.05) is 146 Å². The molecule has 0 nitrogen and oxygen atoms in total. The molecule has 0 amide bonds. The van der Waals surface area contributed by atoms with Crippen molar-refractivity contribution in [2.45, 2.75) is 5.41 Å². The first kappa shape index (κ1) is 23.1. The molecule has 1 spiro atoms. The Balaban J connectivity index is 1.35. The summed E-state index contributed by atoms with van der Waals surface area (Å²) in [6, 6.07) is 59.1. The number of benzene rings is 8. The van der Waals surface area contributed by atoms with Crippen LogP contribution in [0.4, 0.5) is 0 Å². The molecule has 0 saturated carbocycles. The quantitative estimate of drug-likeness (QED) is 0.181. The summed E-state index contributed by atoms with van der Waals surface area (Å²) in [4.78, 5) is 0. The molecule has 2 aliphatic rings. The van der Waals surface area contributed by atoms with E-state index in [1.54, 1.807) is 0 Å². The average molecular weight is 543 g/mol. The Bertz CT molecular complexity index is 2400. The van der Waals surface area contributed by atoms with Crippen LogP contribution in [-0.4, -0.2) is 0 Å². The van der Waals surface area contributed by atoms with Gasteiger partial charge in [-0.15, -0.1) is 0 Å². The summed E-state index contributed by atoms with van der Waals surface area (Å²) >= 11 is 0. The molecule has 0 aromatic heterocycles. The Kier molecular flexibility index (Phi) is 4.47. The maximum atomic E-state index is 2.47. The van der Waals surface area contributed by atoms with Gasteiger partial charge in [-0.2, -0.15) is 0 Å². The third-order valence-corrected chi connectivity index (χ3v) is 10.0. The van der Waals surface area contributed by atoms with Crippen molar-refractivity contribution < 1.29 is 0 Å². The van der Waals surface area contributed by atoms with Gasteiger partial charge in [0.05, 0.1) is 5.41 Å². The van der Waals surface area contributed by atoms with Crippen molar-refractivity contribution >= 4 is 32.3 Å². The number of hydrogen-bond donors (Lipinski definition) is 0. The zero-order chi connectivity index (χ0) is 28.1.